The van der Waals surface area contributed by atoms with Crippen molar-refractivity contribution in [3.8, 4) is 0 Å². The average molecular weight is 452 g/mol. The number of nitrogens with zero attached hydrogens (tertiary/aromatic N) is 1. The normalized spacial score (nSPS) is 11.2. The molecule has 1 amide bonds. The molecule has 0 fully saturated rings. The van der Waals surface area contributed by atoms with E-state index in [9.17, 15) is 13.2 Å². The van der Waals surface area contributed by atoms with Crippen LogP contribution in [0.2, 0.25) is 10.0 Å². The lowest BCUT2D eigenvalue weighted by Crippen LogP contribution is -2.37. The van der Waals surface area contributed by atoms with Crippen LogP contribution in [0.15, 0.2) is 46.9 Å². The van der Waals surface area contributed by atoms with Crippen LogP contribution in [-0.2, 0) is 14.8 Å². The SMILES string of the molecule is CS(=O)(=O)N(CC(=O)Nc1ccc(Cl)c(Cl)c1)c1ccc(Br)cc1. The molecule has 0 unspecified atom stereocenters. The van der Waals surface area contributed by atoms with Crippen LogP contribution >= 0.6 is 39.1 Å². The van der Waals surface area contributed by atoms with Gasteiger partial charge >= 0.3 is 0 Å². The second-order valence-electron chi connectivity index (χ2n) is 4.92. The maximum absolute atomic E-state index is 12.2. The molecular weight excluding hydrogens is 439 g/mol. The summed E-state index contributed by atoms with van der Waals surface area (Å²) in [5.74, 6) is -0.498. The van der Waals surface area contributed by atoms with Gasteiger partial charge in [0.15, 0.2) is 0 Å². The minimum absolute atomic E-state index is 0.294. The fourth-order valence-corrected chi connectivity index (χ4v) is 3.33. The van der Waals surface area contributed by atoms with Gasteiger partial charge in [-0.1, -0.05) is 39.1 Å². The Morgan fingerprint density at radius 2 is 1.75 bits per heavy atom. The Balaban J connectivity index is 2.18. The van der Waals surface area contributed by atoms with Crippen molar-refractivity contribution in [2.24, 2.45) is 0 Å². The molecule has 0 radical (unpaired) electrons. The molecule has 0 bridgehead atoms. The number of carbonyl (C=O) groups is 1. The number of amides is 1. The van der Waals surface area contributed by atoms with Gasteiger partial charge in [-0.2, -0.15) is 0 Å². The van der Waals surface area contributed by atoms with Crippen molar-refractivity contribution in [3.63, 3.8) is 0 Å². The number of benzene rings is 2. The topological polar surface area (TPSA) is 66.5 Å². The number of carbonyl (C=O) groups excluding carboxylic acids is 1. The first kappa shape index (κ1) is 19.1. The predicted molar refractivity (Wildman–Crippen MR) is 101 cm³/mol. The van der Waals surface area contributed by atoms with E-state index >= 15 is 0 Å². The largest absolute Gasteiger partial charge is 0.324 e. The summed E-state index contributed by atoms with van der Waals surface area (Å²) in [7, 11) is -3.62. The molecule has 0 aromatic heterocycles. The Labute approximate surface area is 158 Å². The smallest absolute Gasteiger partial charge is 0.245 e. The zero-order chi connectivity index (χ0) is 17.9. The van der Waals surface area contributed by atoms with Gasteiger partial charge in [0, 0.05) is 10.2 Å². The second kappa shape index (κ2) is 7.74. The molecule has 2 aromatic carbocycles. The van der Waals surface area contributed by atoms with Gasteiger partial charge < -0.3 is 5.32 Å². The summed E-state index contributed by atoms with van der Waals surface area (Å²) in [5, 5.41) is 3.25. The summed E-state index contributed by atoms with van der Waals surface area (Å²) in [6, 6.07) is 11.2. The van der Waals surface area contributed by atoms with E-state index in [1.54, 1.807) is 36.4 Å². The maximum atomic E-state index is 12.2. The quantitative estimate of drug-likeness (QED) is 0.741. The van der Waals surface area contributed by atoms with Gasteiger partial charge in [0.25, 0.3) is 0 Å². The summed E-state index contributed by atoms with van der Waals surface area (Å²) in [4.78, 5) is 12.2. The van der Waals surface area contributed by atoms with E-state index in [-0.39, 0.29) is 6.54 Å². The van der Waals surface area contributed by atoms with Crippen LogP contribution in [0.5, 0.6) is 0 Å². The van der Waals surface area contributed by atoms with Crippen molar-refractivity contribution < 1.29 is 13.2 Å². The first-order valence-electron chi connectivity index (χ1n) is 6.65. The fourth-order valence-electron chi connectivity index (χ4n) is 1.91. The molecule has 0 aliphatic heterocycles. The van der Waals surface area contributed by atoms with Crippen molar-refractivity contribution >= 4 is 66.4 Å². The minimum Gasteiger partial charge on any atom is -0.324 e. The van der Waals surface area contributed by atoms with Crippen molar-refractivity contribution in [1.29, 1.82) is 0 Å². The highest BCUT2D eigenvalue weighted by molar-refractivity contribution is 9.10. The Bertz CT molecular complexity index is 858. The average Bonchev–Trinajstić information content (AvgIpc) is 2.49. The van der Waals surface area contributed by atoms with Gasteiger partial charge in [-0.15, -0.1) is 0 Å². The Morgan fingerprint density at radius 3 is 2.29 bits per heavy atom. The summed E-state index contributed by atoms with van der Waals surface area (Å²) in [6.07, 6.45) is 1.04. The van der Waals surface area contributed by atoms with Gasteiger partial charge in [0.1, 0.15) is 6.54 Å². The van der Waals surface area contributed by atoms with Crippen LogP contribution in [0, 0.1) is 0 Å². The van der Waals surface area contributed by atoms with Crippen LogP contribution in [0.4, 0.5) is 11.4 Å². The van der Waals surface area contributed by atoms with Crippen molar-refractivity contribution in [3.05, 3.63) is 57.0 Å². The highest BCUT2D eigenvalue weighted by atomic mass is 79.9. The molecule has 128 valence electrons. The zero-order valence-electron chi connectivity index (χ0n) is 12.5. The molecule has 1 N–H and O–H groups in total. The molecule has 0 spiro atoms. The van der Waals surface area contributed by atoms with E-state index in [4.69, 9.17) is 23.2 Å². The molecule has 2 aromatic rings. The third-order valence-corrected chi connectivity index (χ3v) is 5.41. The number of sulfonamides is 1. The predicted octanol–water partition coefficient (Wildman–Crippen LogP) is 4.16. The highest BCUT2D eigenvalue weighted by Gasteiger charge is 2.21. The van der Waals surface area contributed by atoms with Gasteiger partial charge in [-0.05, 0) is 42.5 Å². The molecule has 24 heavy (non-hydrogen) atoms. The summed E-state index contributed by atoms with van der Waals surface area (Å²) >= 11 is 15.0. The number of rotatable bonds is 5. The number of nitrogens with one attached hydrogen (secondary N) is 1. The van der Waals surface area contributed by atoms with Crippen LogP contribution in [0.1, 0.15) is 0 Å². The van der Waals surface area contributed by atoms with Gasteiger partial charge in [0.2, 0.25) is 15.9 Å². The Morgan fingerprint density at radius 1 is 1.12 bits per heavy atom. The molecule has 0 aliphatic carbocycles. The third-order valence-electron chi connectivity index (χ3n) is 3.01. The number of anilines is 2. The molecule has 0 atom stereocenters. The second-order valence-corrected chi connectivity index (χ2v) is 8.56. The van der Waals surface area contributed by atoms with E-state index in [0.717, 1.165) is 15.0 Å². The van der Waals surface area contributed by atoms with E-state index in [2.05, 4.69) is 21.2 Å². The van der Waals surface area contributed by atoms with E-state index in [1.807, 2.05) is 0 Å². The van der Waals surface area contributed by atoms with Crippen LogP contribution in [0.25, 0.3) is 0 Å². The van der Waals surface area contributed by atoms with Crippen molar-refractivity contribution in [2.75, 3.05) is 22.4 Å². The van der Waals surface area contributed by atoms with E-state index in [1.165, 1.54) is 6.07 Å². The van der Waals surface area contributed by atoms with Crippen LogP contribution in [-0.4, -0.2) is 27.1 Å². The molecule has 0 heterocycles. The summed E-state index contributed by atoms with van der Waals surface area (Å²) < 4.78 is 25.8. The lowest BCUT2D eigenvalue weighted by atomic mass is 10.3. The van der Waals surface area contributed by atoms with Crippen LogP contribution < -0.4 is 9.62 Å². The van der Waals surface area contributed by atoms with Crippen molar-refractivity contribution in [2.45, 2.75) is 0 Å². The van der Waals surface area contributed by atoms with E-state index < -0.39 is 15.9 Å². The summed E-state index contributed by atoms with van der Waals surface area (Å²) in [6.45, 7) is -0.360. The third kappa shape index (κ3) is 5.11. The lowest BCUT2D eigenvalue weighted by Gasteiger charge is -2.22. The first-order chi connectivity index (χ1) is 11.2. The molecule has 5 nitrogen and oxygen atoms in total. The van der Waals surface area contributed by atoms with Crippen LogP contribution in [0.3, 0.4) is 0 Å². The highest BCUT2D eigenvalue weighted by Crippen LogP contribution is 2.25. The molecule has 0 aliphatic rings. The minimum atomic E-state index is -3.62. The molecule has 0 saturated carbocycles. The van der Waals surface area contributed by atoms with Gasteiger partial charge in [-0.3, -0.25) is 9.10 Å². The monoisotopic (exact) mass is 450 g/mol. The van der Waals surface area contributed by atoms with Gasteiger partial charge in [-0.25, -0.2) is 8.42 Å². The zero-order valence-corrected chi connectivity index (χ0v) is 16.4. The lowest BCUT2D eigenvalue weighted by molar-refractivity contribution is -0.114. The fraction of sp³-hybridized carbons (Fsp3) is 0.133. The maximum Gasteiger partial charge on any atom is 0.245 e. The first-order valence-corrected chi connectivity index (χ1v) is 10.0. The molecular formula is C15H13BrCl2N2O3S. The molecule has 2 rings (SSSR count). The van der Waals surface area contributed by atoms with Gasteiger partial charge in [0.05, 0.1) is 22.0 Å². The molecule has 9 heteroatoms. The molecule has 0 saturated heterocycles. The standard InChI is InChI=1S/C15H13BrCl2N2O3S/c1-24(22,23)20(12-5-2-10(16)3-6-12)9-15(21)19-11-4-7-13(17)14(18)8-11/h2-8H,9H2,1H3,(H,19,21). The number of hydrogen-bond donors (Lipinski definition) is 1. The Kier molecular flexibility index (Phi) is 6.14. The van der Waals surface area contributed by atoms with Crippen molar-refractivity contribution in [1.82, 2.24) is 0 Å². The van der Waals surface area contributed by atoms with E-state index in [0.29, 0.717) is 21.4 Å². The number of hydrogen-bond acceptors (Lipinski definition) is 3. The number of halogens is 3. The summed E-state index contributed by atoms with van der Waals surface area (Å²) in [5.41, 5.74) is 0.823. The Hall–Kier alpha value is -1.28.